The van der Waals surface area contributed by atoms with E-state index >= 15 is 0 Å². The van der Waals surface area contributed by atoms with Crippen LogP contribution >= 0.6 is 11.8 Å². The zero-order chi connectivity index (χ0) is 24.9. The SMILES string of the molecule is CC/C(C)=C/Sc1nc(C2CN(C(=O)/C=C/CO)C2)nc(-c2ccc(OC(F)(F)F)cc2)c1C. The van der Waals surface area contributed by atoms with Crippen LogP contribution in [0.3, 0.4) is 0 Å². The van der Waals surface area contributed by atoms with E-state index < -0.39 is 6.36 Å². The summed E-state index contributed by atoms with van der Waals surface area (Å²) in [5.41, 5.74) is 3.28. The third kappa shape index (κ3) is 6.60. The molecule has 0 bridgehead atoms. The smallest absolute Gasteiger partial charge is 0.406 e. The van der Waals surface area contributed by atoms with E-state index in [1.54, 1.807) is 4.90 Å². The Hall–Kier alpha value is -2.85. The fraction of sp³-hybridized carbons (Fsp3) is 0.375. The Balaban J connectivity index is 1.91. The lowest BCUT2D eigenvalue weighted by atomic mass is 9.98. The van der Waals surface area contributed by atoms with E-state index in [9.17, 15) is 18.0 Å². The molecule has 1 fully saturated rings. The summed E-state index contributed by atoms with van der Waals surface area (Å²) in [7, 11) is 0. The summed E-state index contributed by atoms with van der Waals surface area (Å²) in [5.74, 6) is 0.0306. The van der Waals surface area contributed by atoms with E-state index in [-0.39, 0.29) is 24.2 Å². The number of halogens is 3. The molecular formula is C24H26F3N3O3S. The highest BCUT2D eigenvalue weighted by atomic mass is 32.2. The first kappa shape index (κ1) is 25.8. The fourth-order valence-corrected chi connectivity index (χ4v) is 4.13. The van der Waals surface area contributed by atoms with Gasteiger partial charge < -0.3 is 14.7 Å². The zero-order valence-corrected chi connectivity index (χ0v) is 19.9. The quantitative estimate of drug-likeness (QED) is 0.308. The Morgan fingerprint density at radius 1 is 1.26 bits per heavy atom. The summed E-state index contributed by atoms with van der Waals surface area (Å²) < 4.78 is 41.5. The topological polar surface area (TPSA) is 75.6 Å². The normalized spacial score (nSPS) is 15.0. The van der Waals surface area contributed by atoms with Crippen LogP contribution in [-0.4, -0.2) is 51.9 Å². The van der Waals surface area contributed by atoms with Crippen LogP contribution < -0.4 is 4.74 Å². The second-order valence-electron chi connectivity index (χ2n) is 7.89. The van der Waals surface area contributed by atoms with Crippen LogP contribution in [0.4, 0.5) is 13.2 Å². The maximum Gasteiger partial charge on any atom is 0.573 e. The number of ether oxygens (including phenoxy) is 1. The van der Waals surface area contributed by atoms with E-state index in [1.807, 2.05) is 19.3 Å². The number of thioether (sulfide) groups is 1. The first-order chi connectivity index (χ1) is 16.1. The molecule has 0 saturated carbocycles. The molecule has 34 heavy (non-hydrogen) atoms. The van der Waals surface area contributed by atoms with Crippen LogP contribution in [0.1, 0.15) is 37.6 Å². The van der Waals surface area contributed by atoms with Crippen molar-refractivity contribution >= 4 is 17.7 Å². The lowest BCUT2D eigenvalue weighted by Crippen LogP contribution is -2.48. The van der Waals surface area contributed by atoms with Crippen molar-refractivity contribution in [2.45, 2.75) is 44.5 Å². The number of rotatable bonds is 8. The van der Waals surface area contributed by atoms with Crippen molar-refractivity contribution in [2.24, 2.45) is 0 Å². The molecule has 0 radical (unpaired) electrons. The third-order valence-corrected chi connectivity index (χ3v) is 6.47. The molecule has 182 valence electrons. The van der Waals surface area contributed by atoms with Crippen molar-refractivity contribution < 1.29 is 27.8 Å². The minimum Gasteiger partial charge on any atom is -0.406 e. The molecule has 1 N–H and O–H groups in total. The van der Waals surface area contributed by atoms with E-state index in [2.05, 4.69) is 11.7 Å². The molecule has 0 spiro atoms. The van der Waals surface area contributed by atoms with Gasteiger partial charge in [0.2, 0.25) is 5.91 Å². The molecule has 1 aromatic carbocycles. The molecule has 2 aromatic rings. The molecule has 0 atom stereocenters. The van der Waals surface area contributed by atoms with E-state index in [0.29, 0.717) is 30.2 Å². The van der Waals surface area contributed by atoms with Gasteiger partial charge in [0.15, 0.2) is 0 Å². The second-order valence-corrected chi connectivity index (χ2v) is 8.75. The maximum absolute atomic E-state index is 12.5. The minimum atomic E-state index is -4.76. The average molecular weight is 494 g/mol. The maximum atomic E-state index is 12.5. The number of aliphatic hydroxyl groups is 1. The van der Waals surface area contributed by atoms with E-state index in [1.165, 1.54) is 53.8 Å². The Morgan fingerprint density at radius 2 is 1.94 bits per heavy atom. The molecular weight excluding hydrogens is 467 g/mol. The second kappa shape index (κ2) is 11.1. The third-order valence-electron chi connectivity index (χ3n) is 5.33. The van der Waals surface area contributed by atoms with Crippen molar-refractivity contribution in [1.29, 1.82) is 0 Å². The molecule has 1 aliphatic heterocycles. The number of carbonyl (C=O) groups excluding carboxylic acids is 1. The Kier molecular flexibility index (Phi) is 8.37. The highest BCUT2D eigenvalue weighted by Crippen LogP contribution is 2.35. The summed E-state index contributed by atoms with van der Waals surface area (Å²) in [6.45, 7) is 6.66. The first-order valence-electron chi connectivity index (χ1n) is 10.7. The van der Waals surface area contributed by atoms with Crippen LogP contribution in [0.15, 0.2) is 52.4 Å². The van der Waals surface area contributed by atoms with Crippen LogP contribution in [0, 0.1) is 6.92 Å². The van der Waals surface area contributed by atoms with Gasteiger partial charge in [-0.3, -0.25) is 4.79 Å². The van der Waals surface area contributed by atoms with Gasteiger partial charge in [-0.05, 0) is 49.9 Å². The number of benzene rings is 1. The lowest BCUT2D eigenvalue weighted by Gasteiger charge is -2.38. The van der Waals surface area contributed by atoms with Crippen LogP contribution in [0.2, 0.25) is 0 Å². The number of allylic oxidation sites excluding steroid dienone is 1. The highest BCUT2D eigenvalue weighted by Gasteiger charge is 2.34. The molecule has 1 amide bonds. The van der Waals surface area contributed by atoms with Gasteiger partial charge in [0, 0.05) is 30.3 Å². The first-order valence-corrected chi connectivity index (χ1v) is 11.6. The minimum absolute atomic E-state index is 0.0609. The van der Waals surface area contributed by atoms with E-state index in [0.717, 1.165) is 17.0 Å². The predicted molar refractivity (Wildman–Crippen MR) is 124 cm³/mol. The van der Waals surface area contributed by atoms with Crippen molar-refractivity contribution in [2.75, 3.05) is 19.7 Å². The van der Waals surface area contributed by atoms with Gasteiger partial charge in [-0.15, -0.1) is 13.2 Å². The number of hydrogen-bond donors (Lipinski definition) is 1. The van der Waals surface area contributed by atoms with Crippen molar-refractivity contribution in [3.8, 4) is 17.0 Å². The summed E-state index contributed by atoms with van der Waals surface area (Å²) in [5, 5.41) is 11.6. The number of nitrogens with zero attached hydrogens (tertiary/aromatic N) is 3. The van der Waals surface area contributed by atoms with Gasteiger partial charge in [0.25, 0.3) is 0 Å². The number of aliphatic hydroxyl groups excluding tert-OH is 1. The van der Waals surface area contributed by atoms with Crippen LogP contribution in [-0.2, 0) is 4.79 Å². The molecule has 1 aromatic heterocycles. The molecule has 2 heterocycles. The van der Waals surface area contributed by atoms with Crippen LogP contribution in [0.5, 0.6) is 5.75 Å². The predicted octanol–water partition coefficient (Wildman–Crippen LogP) is 5.23. The standard InChI is InChI=1S/C24H26F3N3O3S/c1-4-15(2)14-34-23-16(3)21(17-7-9-19(10-8-17)33-24(25,26)27)28-22(29-23)18-12-30(13-18)20(32)6-5-11-31/h5-10,14,18,31H,4,11-13H2,1-3H3/b6-5+,15-14+. The van der Waals surface area contributed by atoms with Gasteiger partial charge in [0.1, 0.15) is 16.6 Å². The molecule has 6 nitrogen and oxygen atoms in total. The lowest BCUT2D eigenvalue weighted by molar-refractivity contribution is -0.274. The van der Waals surface area contributed by atoms with Gasteiger partial charge >= 0.3 is 6.36 Å². The molecule has 0 unspecified atom stereocenters. The molecule has 3 rings (SSSR count). The Bertz CT molecular complexity index is 1080. The average Bonchev–Trinajstić information content (AvgIpc) is 2.75. The zero-order valence-electron chi connectivity index (χ0n) is 19.1. The monoisotopic (exact) mass is 493 g/mol. The van der Waals surface area contributed by atoms with E-state index in [4.69, 9.17) is 15.1 Å². The van der Waals surface area contributed by atoms with Gasteiger partial charge in [-0.1, -0.05) is 30.3 Å². The number of aromatic nitrogens is 2. The molecule has 10 heteroatoms. The van der Waals surface area contributed by atoms with Crippen LogP contribution in [0.25, 0.3) is 11.3 Å². The molecule has 0 aliphatic carbocycles. The summed E-state index contributed by atoms with van der Waals surface area (Å²) >= 11 is 1.48. The number of hydrogen-bond acceptors (Lipinski definition) is 6. The van der Waals surface area contributed by atoms with Gasteiger partial charge in [0.05, 0.1) is 18.2 Å². The van der Waals surface area contributed by atoms with Crippen molar-refractivity contribution in [3.63, 3.8) is 0 Å². The Morgan fingerprint density at radius 3 is 2.53 bits per heavy atom. The summed E-state index contributed by atoms with van der Waals surface area (Å²) in [6, 6.07) is 5.60. The summed E-state index contributed by atoms with van der Waals surface area (Å²) in [6.07, 6.45) is -1.13. The largest absolute Gasteiger partial charge is 0.573 e. The number of likely N-dealkylation sites (tertiary alicyclic amines) is 1. The number of carbonyl (C=O) groups is 1. The molecule has 1 saturated heterocycles. The van der Waals surface area contributed by atoms with Gasteiger partial charge in [-0.2, -0.15) is 0 Å². The van der Waals surface area contributed by atoms with Gasteiger partial charge in [-0.25, -0.2) is 9.97 Å². The summed E-state index contributed by atoms with van der Waals surface area (Å²) in [4.78, 5) is 23.2. The van der Waals surface area contributed by atoms with Crippen molar-refractivity contribution in [3.05, 3.63) is 58.8 Å². The highest BCUT2D eigenvalue weighted by molar-refractivity contribution is 8.02. The number of alkyl halides is 3. The Labute approximate surface area is 200 Å². The fourth-order valence-electron chi connectivity index (χ4n) is 3.23. The number of amides is 1. The molecule has 1 aliphatic rings. The van der Waals surface area contributed by atoms with Crippen molar-refractivity contribution in [1.82, 2.24) is 14.9 Å².